The van der Waals surface area contributed by atoms with Crippen molar-refractivity contribution >= 4 is 5.91 Å². The van der Waals surface area contributed by atoms with Crippen molar-refractivity contribution in [1.82, 2.24) is 15.6 Å². The number of nitrogens with one attached hydrogen (secondary N) is 2. The van der Waals surface area contributed by atoms with Crippen molar-refractivity contribution in [3.63, 3.8) is 0 Å². The van der Waals surface area contributed by atoms with Crippen molar-refractivity contribution in [3.8, 4) is 0 Å². The van der Waals surface area contributed by atoms with E-state index in [0.717, 1.165) is 18.7 Å². The molecule has 1 atom stereocenters. The third-order valence-electron chi connectivity index (χ3n) is 2.65. The number of rotatable bonds is 2. The summed E-state index contributed by atoms with van der Waals surface area (Å²) < 4.78 is 0. The van der Waals surface area contributed by atoms with Crippen LogP contribution in [0.2, 0.25) is 0 Å². The summed E-state index contributed by atoms with van der Waals surface area (Å²) in [5.74, 6) is -0.130. The molecule has 0 unspecified atom stereocenters. The zero-order valence-corrected chi connectivity index (χ0v) is 8.79. The molecule has 1 aromatic heterocycles. The van der Waals surface area contributed by atoms with Crippen LogP contribution in [0.15, 0.2) is 18.2 Å². The lowest BCUT2D eigenvalue weighted by atomic mass is 10.1. The van der Waals surface area contributed by atoms with E-state index in [2.05, 4.69) is 15.6 Å². The van der Waals surface area contributed by atoms with Crippen molar-refractivity contribution in [3.05, 3.63) is 29.6 Å². The second-order valence-electron chi connectivity index (χ2n) is 3.68. The molecule has 1 amide bonds. The Kier molecular flexibility index (Phi) is 2.97. The van der Waals surface area contributed by atoms with Crippen LogP contribution in [0.25, 0.3) is 0 Å². The number of nitrogens with zero attached hydrogens (tertiary/aromatic N) is 1. The highest BCUT2D eigenvalue weighted by molar-refractivity contribution is 5.91. The average molecular weight is 205 g/mol. The SMILES string of the molecule is CNC(=O)c1cccc([C@H]2CCCN2)n1. The normalized spacial score (nSPS) is 20.2. The fourth-order valence-corrected chi connectivity index (χ4v) is 1.84. The predicted octanol–water partition coefficient (Wildman–Crippen LogP) is 0.866. The van der Waals surface area contributed by atoms with E-state index >= 15 is 0 Å². The highest BCUT2D eigenvalue weighted by Gasteiger charge is 2.18. The molecule has 2 rings (SSSR count). The van der Waals surface area contributed by atoms with Crippen molar-refractivity contribution in [2.24, 2.45) is 0 Å². The average Bonchev–Trinajstić information content (AvgIpc) is 2.82. The van der Waals surface area contributed by atoms with E-state index in [1.807, 2.05) is 12.1 Å². The molecule has 15 heavy (non-hydrogen) atoms. The largest absolute Gasteiger partial charge is 0.354 e. The third kappa shape index (κ3) is 2.15. The zero-order chi connectivity index (χ0) is 10.7. The van der Waals surface area contributed by atoms with Crippen LogP contribution in [-0.2, 0) is 0 Å². The van der Waals surface area contributed by atoms with Gasteiger partial charge in [-0.15, -0.1) is 0 Å². The molecule has 1 aliphatic rings. The number of carbonyl (C=O) groups excluding carboxylic acids is 1. The molecular formula is C11H15N3O. The summed E-state index contributed by atoms with van der Waals surface area (Å²) in [5, 5.41) is 5.94. The van der Waals surface area contributed by atoms with Gasteiger partial charge in [0.2, 0.25) is 0 Å². The van der Waals surface area contributed by atoms with Crippen molar-refractivity contribution in [2.75, 3.05) is 13.6 Å². The summed E-state index contributed by atoms with van der Waals surface area (Å²) >= 11 is 0. The van der Waals surface area contributed by atoms with Crippen LogP contribution >= 0.6 is 0 Å². The number of hydrogen-bond donors (Lipinski definition) is 2. The van der Waals surface area contributed by atoms with Gasteiger partial charge in [-0.25, -0.2) is 4.98 Å². The van der Waals surface area contributed by atoms with Gasteiger partial charge < -0.3 is 10.6 Å². The number of hydrogen-bond acceptors (Lipinski definition) is 3. The van der Waals surface area contributed by atoms with E-state index in [1.165, 1.54) is 6.42 Å². The monoisotopic (exact) mass is 205 g/mol. The van der Waals surface area contributed by atoms with Gasteiger partial charge in [0.15, 0.2) is 0 Å². The first-order chi connectivity index (χ1) is 7.31. The van der Waals surface area contributed by atoms with Crippen LogP contribution in [-0.4, -0.2) is 24.5 Å². The minimum atomic E-state index is -0.130. The molecule has 1 aliphatic heterocycles. The van der Waals surface area contributed by atoms with E-state index in [0.29, 0.717) is 11.7 Å². The lowest BCUT2D eigenvalue weighted by Gasteiger charge is -2.10. The second-order valence-corrected chi connectivity index (χ2v) is 3.68. The van der Waals surface area contributed by atoms with Gasteiger partial charge in [0.05, 0.1) is 5.69 Å². The van der Waals surface area contributed by atoms with E-state index in [-0.39, 0.29) is 5.91 Å². The van der Waals surface area contributed by atoms with Gasteiger partial charge in [-0.2, -0.15) is 0 Å². The summed E-state index contributed by atoms with van der Waals surface area (Å²) in [6.07, 6.45) is 2.28. The molecule has 1 saturated heterocycles. The van der Waals surface area contributed by atoms with Crippen LogP contribution in [0.5, 0.6) is 0 Å². The molecule has 0 aromatic carbocycles. The first-order valence-corrected chi connectivity index (χ1v) is 5.23. The van der Waals surface area contributed by atoms with Crippen LogP contribution in [0.1, 0.15) is 35.1 Å². The fourth-order valence-electron chi connectivity index (χ4n) is 1.84. The number of pyridine rings is 1. The number of carbonyl (C=O) groups is 1. The maximum Gasteiger partial charge on any atom is 0.269 e. The molecule has 2 heterocycles. The van der Waals surface area contributed by atoms with Crippen molar-refractivity contribution < 1.29 is 4.79 Å². The maximum absolute atomic E-state index is 11.4. The quantitative estimate of drug-likeness (QED) is 0.753. The standard InChI is InChI=1S/C11H15N3O/c1-12-11(15)10-5-2-4-9(14-10)8-6-3-7-13-8/h2,4-5,8,13H,3,6-7H2,1H3,(H,12,15)/t8-/m1/s1. The highest BCUT2D eigenvalue weighted by atomic mass is 16.1. The van der Waals surface area contributed by atoms with E-state index in [9.17, 15) is 4.79 Å². The van der Waals surface area contributed by atoms with Crippen molar-refractivity contribution in [1.29, 1.82) is 0 Å². The lowest BCUT2D eigenvalue weighted by molar-refractivity contribution is 0.0958. The molecule has 0 spiro atoms. The Morgan fingerprint density at radius 2 is 2.47 bits per heavy atom. The number of amides is 1. The summed E-state index contributed by atoms with van der Waals surface area (Å²) in [7, 11) is 1.62. The zero-order valence-electron chi connectivity index (χ0n) is 8.79. The molecule has 0 bridgehead atoms. The minimum Gasteiger partial charge on any atom is -0.354 e. The van der Waals surface area contributed by atoms with Gasteiger partial charge in [-0.3, -0.25) is 4.79 Å². The molecule has 1 aromatic rings. The molecule has 4 heteroatoms. The molecule has 80 valence electrons. The topological polar surface area (TPSA) is 54.0 Å². The summed E-state index contributed by atoms with van der Waals surface area (Å²) in [5.41, 5.74) is 1.46. The molecule has 4 nitrogen and oxygen atoms in total. The first-order valence-electron chi connectivity index (χ1n) is 5.23. The van der Waals surface area contributed by atoms with Gasteiger partial charge in [-0.1, -0.05) is 6.07 Å². The van der Waals surface area contributed by atoms with Gasteiger partial charge in [0, 0.05) is 13.1 Å². The minimum absolute atomic E-state index is 0.130. The molecule has 2 N–H and O–H groups in total. The van der Waals surface area contributed by atoms with Crippen LogP contribution in [0.4, 0.5) is 0 Å². The Morgan fingerprint density at radius 1 is 1.60 bits per heavy atom. The molecule has 1 fully saturated rings. The molecule has 0 radical (unpaired) electrons. The fraction of sp³-hybridized carbons (Fsp3) is 0.455. The predicted molar refractivity (Wildman–Crippen MR) is 57.6 cm³/mol. The Balaban J connectivity index is 2.21. The van der Waals surface area contributed by atoms with Crippen molar-refractivity contribution in [2.45, 2.75) is 18.9 Å². The van der Waals surface area contributed by atoms with E-state index in [4.69, 9.17) is 0 Å². The lowest BCUT2D eigenvalue weighted by Crippen LogP contribution is -2.21. The second kappa shape index (κ2) is 4.40. The van der Waals surface area contributed by atoms with Crippen LogP contribution < -0.4 is 10.6 Å². The smallest absolute Gasteiger partial charge is 0.269 e. The van der Waals surface area contributed by atoms with Gasteiger partial charge in [-0.05, 0) is 31.5 Å². The van der Waals surface area contributed by atoms with Gasteiger partial charge >= 0.3 is 0 Å². The number of aromatic nitrogens is 1. The van der Waals surface area contributed by atoms with E-state index in [1.54, 1.807) is 13.1 Å². The molecule has 0 aliphatic carbocycles. The van der Waals surface area contributed by atoms with Crippen LogP contribution in [0.3, 0.4) is 0 Å². The maximum atomic E-state index is 11.4. The van der Waals surface area contributed by atoms with Gasteiger partial charge in [0.25, 0.3) is 5.91 Å². The summed E-state index contributed by atoms with van der Waals surface area (Å²) in [6.45, 7) is 1.04. The molecular weight excluding hydrogens is 190 g/mol. The Hall–Kier alpha value is -1.42. The Bertz CT molecular complexity index is 359. The third-order valence-corrected chi connectivity index (χ3v) is 2.65. The Morgan fingerprint density at radius 3 is 3.13 bits per heavy atom. The summed E-state index contributed by atoms with van der Waals surface area (Å²) in [6, 6.07) is 5.90. The van der Waals surface area contributed by atoms with Gasteiger partial charge in [0.1, 0.15) is 5.69 Å². The highest BCUT2D eigenvalue weighted by Crippen LogP contribution is 2.21. The Labute approximate surface area is 89.1 Å². The van der Waals surface area contributed by atoms with E-state index < -0.39 is 0 Å². The molecule has 0 saturated carbocycles. The first kappa shape index (κ1) is 10.1. The van der Waals surface area contributed by atoms with Crippen LogP contribution in [0, 0.1) is 0 Å². The summed E-state index contributed by atoms with van der Waals surface area (Å²) in [4.78, 5) is 15.7.